The number of benzene rings is 2. The first kappa shape index (κ1) is 28.3. The minimum atomic E-state index is -2.62. The molecule has 2 aromatic carbocycles. The molecule has 2 saturated heterocycles. The summed E-state index contributed by atoms with van der Waals surface area (Å²) in [6.07, 6.45) is 1.43. The highest BCUT2D eigenvalue weighted by atomic mass is 32.2. The minimum Gasteiger partial charge on any atom is -0.405 e. The molecule has 0 unspecified atom stereocenters. The van der Waals surface area contributed by atoms with Crippen LogP contribution in [0, 0.1) is 11.8 Å². The van der Waals surface area contributed by atoms with E-state index in [1.54, 1.807) is 0 Å². The lowest BCUT2D eigenvalue weighted by Gasteiger charge is -2.50. The molecular weight excluding hydrogens is 501 g/mol. The van der Waals surface area contributed by atoms with Crippen LogP contribution in [-0.2, 0) is 13.9 Å². The number of ether oxygens (including phenoxy) is 2. The molecule has 0 N–H and O–H groups in total. The Balaban J connectivity index is 1.65. The minimum absolute atomic E-state index is 0.0264. The molecular formula is C30H44O3S2Si. The van der Waals surface area contributed by atoms with Crippen LogP contribution in [0.25, 0.3) is 0 Å². The highest BCUT2D eigenvalue weighted by Crippen LogP contribution is 2.44. The van der Waals surface area contributed by atoms with Crippen LogP contribution in [0.3, 0.4) is 0 Å². The van der Waals surface area contributed by atoms with Gasteiger partial charge >= 0.3 is 0 Å². The zero-order valence-electron chi connectivity index (χ0n) is 23.0. The first-order valence-electron chi connectivity index (χ1n) is 13.4. The Morgan fingerprint density at radius 2 is 1.47 bits per heavy atom. The van der Waals surface area contributed by atoms with Crippen LogP contribution >= 0.6 is 23.5 Å². The maximum Gasteiger partial charge on any atom is 0.261 e. The molecule has 198 valence electrons. The molecule has 2 fully saturated rings. The monoisotopic (exact) mass is 544 g/mol. The molecule has 0 aliphatic carbocycles. The van der Waals surface area contributed by atoms with Gasteiger partial charge in [0.1, 0.15) is 0 Å². The first-order chi connectivity index (χ1) is 17.1. The van der Waals surface area contributed by atoms with Gasteiger partial charge in [-0.15, -0.1) is 23.5 Å². The fourth-order valence-electron chi connectivity index (χ4n) is 5.85. The second-order valence-electron chi connectivity index (χ2n) is 11.8. The summed E-state index contributed by atoms with van der Waals surface area (Å²) in [4.78, 5) is 0. The average molecular weight is 545 g/mol. The van der Waals surface area contributed by atoms with Crippen LogP contribution in [0.2, 0.25) is 5.04 Å². The van der Waals surface area contributed by atoms with E-state index in [1.807, 2.05) is 0 Å². The lowest BCUT2D eigenvalue weighted by atomic mass is 9.88. The van der Waals surface area contributed by atoms with E-state index in [0.717, 1.165) is 0 Å². The second kappa shape index (κ2) is 11.5. The number of hydrogen-bond donors (Lipinski definition) is 0. The van der Waals surface area contributed by atoms with Crippen molar-refractivity contribution < 1.29 is 13.9 Å². The Morgan fingerprint density at radius 1 is 0.944 bits per heavy atom. The van der Waals surface area contributed by atoms with E-state index in [9.17, 15) is 0 Å². The van der Waals surface area contributed by atoms with Gasteiger partial charge in [-0.3, -0.25) is 0 Å². The molecule has 2 aromatic rings. The van der Waals surface area contributed by atoms with Crippen LogP contribution in [-0.4, -0.2) is 49.0 Å². The topological polar surface area (TPSA) is 27.7 Å². The van der Waals surface area contributed by atoms with E-state index >= 15 is 0 Å². The molecule has 2 aliphatic heterocycles. The van der Waals surface area contributed by atoms with E-state index in [2.05, 4.69) is 133 Å². The Kier molecular flexibility index (Phi) is 9.06. The first-order valence-corrected chi connectivity index (χ1v) is 17.4. The second-order valence-corrected chi connectivity index (χ2v) is 18.9. The van der Waals surface area contributed by atoms with Crippen LogP contribution in [0.5, 0.6) is 0 Å². The third-order valence-corrected chi connectivity index (χ3v) is 16.0. The van der Waals surface area contributed by atoms with Crippen molar-refractivity contribution in [1.29, 1.82) is 0 Å². The van der Waals surface area contributed by atoms with E-state index in [1.165, 1.54) is 28.3 Å². The molecule has 0 aromatic heterocycles. The molecule has 0 radical (unpaired) electrons. The van der Waals surface area contributed by atoms with Crippen LogP contribution < -0.4 is 10.4 Å². The molecule has 3 nitrogen and oxygen atoms in total. The third kappa shape index (κ3) is 5.94. The molecule has 0 spiro atoms. The van der Waals surface area contributed by atoms with Gasteiger partial charge in [0.05, 0.1) is 23.4 Å². The van der Waals surface area contributed by atoms with Crippen LogP contribution in [0.15, 0.2) is 60.7 Å². The van der Waals surface area contributed by atoms with E-state index in [-0.39, 0.29) is 23.2 Å². The fraction of sp³-hybridized carbons (Fsp3) is 0.600. The molecule has 4 atom stereocenters. The van der Waals surface area contributed by atoms with Crippen LogP contribution in [0.4, 0.5) is 0 Å². The summed E-state index contributed by atoms with van der Waals surface area (Å²) in [7, 11) is -2.62. The summed E-state index contributed by atoms with van der Waals surface area (Å²) < 4.78 is 21.1. The average Bonchev–Trinajstić information content (AvgIpc) is 2.86. The summed E-state index contributed by atoms with van der Waals surface area (Å²) >= 11 is 4.20. The Bertz CT molecular complexity index is 918. The molecule has 36 heavy (non-hydrogen) atoms. The Hall–Kier alpha value is -0.763. The molecule has 2 heterocycles. The fourth-order valence-corrected chi connectivity index (χ4v) is 13.6. The Morgan fingerprint density at radius 3 is 1.97 bits per heavy atom. The van der Waals surface area contributed by atoms with Crippen molar-refractivity contribution in [3.63, 3.8) is 0 Å². The van der Waals surface area contributed by atoms with Crippen molar-refractivity contribution in [2.45, 2.75) is 82.5 Å². The van der Waals surface area contributed by atoms with Crippen molar-refractivity contribution in [2.75, 3.05) is 18.1 Å². The lowest BCUT2D eigenvalue weighted by Crippen LogP contribution is -2.67. The van der Waals surface area contributed by atoms with Gasteiger partial charge in [-0.2, -0.15) is 0 Å². The van der Waals surface area contributed by atoms with Crippen molar-refractivity contribution in [3.8, 4) is 0 Å². The van der Waals surface area contributed by atoms with Crippen molar-refractivity contribution in [1.82, 2.24) is 0 Å². The molecule has 0 saturated carbocycles. The van der Waals surface area contributed by atoms with Gasteiger partial charge in [-0.1, -0.05) is 95.3 Å². The van der Waals surface area contributed by atoms with Gasteiger partial charge in [-0.05, 0) is 47.2 Å². The lowest BCUT2D eigenvalue weighted by molar-refractivity contribution is -0.329. The zero-order chi connectivity index (χ0) is 26.0. The van der Waals surface area contributed by atoms with Crippen molar-refractivity contribution >= 4 is 42.2 Å². The number of rotatable bonds is 7. The number of hydrogen-bond acceptors (Lipinski definition) is 5. The van der Waals surface area contributed by atoms with Gasteiger partial charge in [-0.25, -0.2) is 0 Å². The highest BCUT2D eigenvalue weighted by molar-refractivity contribution is 8.17. The van der Waals surface area contributed by atoms with E-state index in [0.29, 0.717) is 17.1 Å². The summed E-state index contributed by atoms with van der Waals surface area (Å²) in [6, 6.07) is 21.8. The largest absolute Gasteiger partial charge is 0.405 e. The third-order valence-electron chi connectivity index (χ3n) is 7.64. The summed E-state index contributed by atoms with van der Waals surface area (Å²) in [5.41, 5.74) is 0. The predicted octanol–water partition coefficient (Wildman–Crippen LogP) is 6.55. The van der Waals surface area contributed by atoms with Gasteiger partial charge in [0.2, 0.25) is 0 Å². The van der Waals surface area contributed by atoms with E-state index in [4.69, 9.17) is 13.9 Å². The normalized spacial score (nSPS) is 26.5. The maximum absolute atomic E-state index is 7.29. The molecule has 4 rings (SSSR count). The van der Waals surface area contributed by atoms with Gasteiger partial charge in [0, 0.05) is 11.8 Å². The molecule has 0 amide bonds. The maximum atomic E-state index is 7.29. The number of thioether (sulfide) groups is 2. The van der Waals surface area contributed by atoms with Crippen molar-refractivity contribution in [3.05, 3.63) is 60.7 Å². The standard InChI is InChI=1S/C30H44O3S2Si/c1-22-26(32-30(6,7)33-27(22)23(2)28-34-19-14-20-35-28)21-31-36(29(3,4)5,24-15-10-8-11-16-24)25-17-12-9-13-18-25/h8-13,15-18,22-23,26-28H,14,19-21H2,1-7H3/t22-,23+,26+,27-/m1/s1. The summed E-state index contributed by atoms with van der Waals surface area (Å²) in [5.74, 6) is 2.57. The SMILES string of the molecule is C[C@H]1[C@H]([C@H](C)C2SCCCS2)OC(C)(C)O[C@H]1CO[Si](c1ccccc1)(c1ccccc1)C(C)(C)C. The quantitative estimate of drug-likeness (QED) is 0.369. The van der Waals surface area contributed by atoms with Gasteiger partial charge in [0.15, 0.2) is 5.79 Å². The molecule has 2 aliphatic rings. The molecule has 6 heteroatoms. The van der Waals surface area contributed by atoms with Crippen LogP contribution in [0.1, 0.15) is 54.9 Å². The molecule has 0 bridgehead atoms. The van der Waals surface area contributed by atoms with Gasteiger partial charge < -0.3 is 13.9 Å². The highest BCUT2D eigenvalue weighted by Gasteiger charge is 2.52. The predicted molar refractivity (Wildman–Crippen MR) is 159 cm³/mol. The smallest absolute Gasteiger partial charge is 0.261 e. The van der Waals surface area contributed by atoms with Crippen molar-refractivity contribution in [2.24, 2.45) is 11.8 Å². The van der Waals surface area contributed by atoms with E-state index < -0.39 is 14.1 Å². The zero-order valence-corrected chi connectivity index (χ0v) is 25.7. The summed E-state index contributed by atoms with van der Waals surface area (Å²) in [5, 5.41) is 2.56. The van der Waals surface area contributed by atoms with Gasteiger partial charge in [0.25, 0.3) is 8.32 Å². The Labute approximate surface area is 228 Å². The summed E-state index contributed by atoms with van der Waals surface area (Å²) in [6.45, 7) is 16.4.